The fourth-order valence-corrected chi connectivity index (χ4v) is 10.2. The third kappa shape index (κ3) is 8.15. The fraction of sp³-hybridized carbons (Fsp3) is 0. The van der Waals surface area contributed by atoms with Crippen molar-refractivity contribution < 1.29 is 0 Å². The van der Waals surface area contributed by atoms with E-state index in [2.05, 4.69) is 217 Å². The lowest BCUT2D eigenvalue weighted by Crippen LogP contribution is -2.07. The maximum atomic E-state index is 5.96. The molecule has 13 aromatic rings. The number of fused-ring (bicyclic) bond motifs is 3. The molecule has 0 aliphatic carbocycles. The van der Waals surface area contributed by atoms with E-state index in [1.807, 2.05) is 60.7 Å². The highest BCUT2D eigenvalue weighted by Crippen LogP contribution is 2.49. The average Bonchev–Trinajstić information content (AvgIpc) is 3.81. The average molecular weight is 932 g/mol. The molecule has 0 saturated carbocycles. The van der Waals surface area contributed by atoms with E-state index in [0.717, 1.165) is 100 Å². The van der Waals surface area contributed by atoms with Gasteiger partial charge in [-0.1, -0.05) is 249 Å². The highest BCUT2D eigenvalue weighted by Gasteiger charge is 2.28. The number of aromatic nitrogens is 5. The van der Waals surface area contributed by atoms with Gasteiger partial charge in [0.25, 0.3) is 0 Å². The van der Waals surface area contributed by atoms with Gasteiger partial charge in [0.15, 0.2) is 17.5 Å². The van der Waals surface area contributed by atoms with E-state index in [4.69, 9.17) is 19.9 Å². The Labute approximate surface area is 424 Å². The molecular formula is C68H45N5. The molecule has 342 valence electrons. The molecule has 0 fully saturated rings. The Balaban J connectivity index is 1.11. The second kappa shape index (κ2) is 18.8. The van der Waals surface area contributed by atoms with Gasteiger partial charge in [0.1, 0.15) is 5.82 Å². The molecule has 0 amide bonds. The predicted molar refractivity (Wildman–Crippen MR) is 301 cm³/mol. The van der Waals surface area contributed by atoms with Crippen molar-refractivity contribution in [2.45, 2.75) is 0 Å². The van der Waals surface area contributed by atoms with Gasteiger partial charge in [0, 0.05) is 49.7 Å². The van der Waals surface area contributed by atoms with Crippen molar-refractivity contribution in [1.82, 2.24) is 24.5 Å². The van der Waals surface area contributed by atoms with Crippen LogP contribution in [-0.4, -0.2) is 24.5 Å². The quantitative estimate of drug-likeness (QED) is 0.137. The molecule has 0 atom stereocenters. The van der Waals surface area contributed by atoms with E-state index in [9.17, 15) is 0 Å². The maximum absolute atomic E-state index is 5.96. The highest BCUT2D eigenvalue weighted by molar-refractivity contribution is 6.13. The summed E-state index contributed by atoms with van der Waals surface area (Å²) in [5.74, 6) is 2.67. The summed E-state index contributed by atoms with van der Waals surface area (Å²) in [4.78, 5) is 21.2. The molecule has 73 heavy (non-hydrogen) atoms. The van der Waals surface area contributed by atoms with Gasteiger partial charge in [-0.2, -0.15) is 0 Å². The molecular weight excluding hydrogens is 887 g/mol. The van der Waals surface area contributed by atoms with Crippen molar-refractivity contribution in [3.05, 3.63) is 273 Å². The van der Waals surface area contributed by atoms with E-state index < -0.39 is 0 Å². The zero-order valence-corrected chi connectivity index (χ0v) is 39.7. The summed E-state index contributed by atoms with van der Waals surface area (Å²) in [5, 5.41) is 2.30. The Bertz CT molecular complexity index is 3910. The molecule has 0 aliphatic heterocycles. The third-order valence-corrected chi connectivity index (χ3v) is 13.7. The van der Waals surface area contributed by atoms with Crippen LogP contribution in [0.3, 0.4) is 0 Å². The van der Waals surface area contributed by atoms with E-state index in [1.165, 1.54) is 11.1 Å². The van der Waals surface area contributed by atoms with Crippen molar-refractivity contribution in [3.8, 4) is 107 Å². The Morgan fingerprint density at radius 1 is 0.219 bits per heavy atom. The van der Waals surface area contributed by atoms with Gasteiger partial charge < -0.3 is 0 Å². The molecule has 0 aliphatic rings. The molecule has 5 heteroatoms. The summed E-state index contributed by atoms with van der Waals surface area (Å²) in [6.45, 7) is 0. The summed E-state index contributed by atoms with van der Waals surface area (Å²) in [5.41, 5.74) is 17.7. The largest absolute Gasteiger partial charge is 0.293 e. The molecule has 10 aromatic carbocycles. The molecule has 5 nitrogen and oxygen atoms in total. The number of rotatable bonds is 10. The van der Waals surface area contributed by atoms with Crippen LogP contribution >= 0.6 is 0 Å². The number of hydrogen-bond donors (Lipinski definition) is 0. The fourth-order valence-electron chi connectivity index (χ4n) is 10.2. The molecule has 3 aromatic heterocycles. The Morgan fingerprint density at radius 2 is 0.521 bits per heavy atom. The first-order valence-corrected chi connectivity index (χ1v) is 24.6. The van der Waals surface area contributed by atoms with Crippen LogP contribution in [0.2, 0.25) is 0 Å². The summed E-state index contributed by atoms with van der Waals surface area (Å²) in [6.07, 6.45) is 0. The van der Waals surface area contributed by atoms with E-state index in [0.29, 0.717) is 17.5 Å². The van der Waals surface area contributed by atoms with Crippen LogP contribution in [0, 0.1) is 0 Å². The van der Waals surface area contributed by atoms with Crippen LogP contribution in [0.15, 0.2) is 273 Å². The lowest BCUT2D eigenvalue weighted by molar-refractivity contribution is 1.07. The van der Waals surface area contributed by atoms with Gasteiger partial charge in [-0.3, -0.25) is 4.57 Å². The molecule has 0 saturated heterocycles. The standard InChI is InChI=1S/C68H45N5/c1-8-22-46(23-9-1)55-40-42-59-57(44-55)58-45-56(47-24-10-2-11-25-47)41-43-60(58)73(59)68-63(49-28-14-4-15-29-49)61(62(48-26-12-3-13-27-48)64(69-68)51-30-16-5-17-31-51)50-36-38-54(39-37-50)67-71-65(52-32-18-6-19-33-52)70-66(72-67)53-34-20-7-21-35-53/h1-45H. The molecule has 0 unspecified atom stereocenters. The first-order valence-electron chi connectivity index (χ1n) is 24.6. The minimum absolute atomic E-state index is 0.598. The minimum atomic E-state index is 0.598. The van der Waals surface area contributed by atoms with Crippen LogP contribution in [0.25, 0.3) is 129 Å². The van der Waals surface area contributed by atoms with Gasteiger partial charge >= 0.3 is 0 Å². The third-order valence-electron chi connectivity index (χ3n) is 13.7. The van der Waals surface area contributed by atoms with Crippen LogP contribution < -0.4 is 0 Å². The number of nitrogens with zero attached hydrogens (tertiary/aromatic N) is 5. The van der Waals surface area contributed by atoms with Crippen molar-refractivity contribution in [3.63, 3.8) is 0 Å². The van der Waals surface area contributed by atoms with E-state index >= 15 is 0 Å². The first-order chi connectivity index (χ1) is 36.2. The number of benzene rings is 10. The molecule has 0 radical (unpaired) electrons. The second-order valence-electron chi connectivity index (χ2n) is 18.2. The lowest BCUT2D eigenvalue weighted by Gasteiger charge is -2.24. The van der Waals surface area contributed by atoms with Crippen molar-refractivity contribution in [2.24, 2.45) is 0 Å². The lowest BCUT2D eigenvalue weighted by atomic mass is 9.85. The van der Waals surface area contributed by atoms with Gasteiger partial charge in [0.2, 0.25) is 0 Å². The van der Waals surface area contributed by atoms with Crippen molar-refractivity contribution >= 4 is 21.8 Å². The van der Waals surface area contributed by atoms with E-state index in [-0.39, 0.29) is 0 Å². The molecule has 0 spiro atoms. The summed E-state index contributed by atoms with van der Waals surface area (Å²) >= 11 is 0. The van der Waals surface area contributed by atoms with E-state index in [1.54, 1.807) is 0 Å². The van der Waals surface area contributed by atoms with Crippen LogP contribution in [0.5, 0.6) is 0 Å². The Morgan fingerprint density at radius 3 is 0.932 bits per heavy atom. The maximum Gasteiger partial charge on any atom is 0.164 e. The summed E-state index contributed by atoms with van der Waals surface area (Å²) < 4.78 is 2.40. The van der Waals surface area contributed by atoms with Crippen LogP contribution in [0.1, 0.15) is 0 Å². The zero-order chi connectivity index (χ0) is 48.5. The monoisotopic (exact) mass is 931 g/mol. The predicted octanol–water partition coefficient (Wildman–Crippen LogP) is 17.4. The Kier molecular flexibility index (Phi) is 11.1. The van der Waals surface area contributed by atoms with Crippen LogP contribution in [0.4, 0.5) is 0 Å². The van der Waals surface area contributed by atoms with Gasteiger partial charge in [-0.05, 0) is 63.2 Å². The zero-order valence-electron chi connectivity index (χ0n) is 39.7. The van der Waals surface area contributed by atoms with Gasteiger partial charge in [-0.15, -0.1) is 0 Å². The van der Waals surface area contributed by atoms with Crippen molar-refractivity contribution in [1.29, 1.82) is 0 Å². The highest BCUT2D eigenvalue weighted by atomic mass is 15.1. The minimum Gasteiger partial charge on any atom is -0.293 e. The summed E-state index contributed by atoms with van der Waals surface area (Å²) in [7, 11) is 0. The number of pyridine rings is 1. The first kappa shape index (κ1) is 43.2. The topological polar surface area (TPSA) is 56.5 Å². The molecule has 13 rings (SSSR count). The molecule has 0 N–H and O–H groups in total. The Hall–Kier alpha value is -9.84. The van der Waals surface area contributed by atoms with Crippen LogP contribution in [-0.2, 0) is 0 Å². The smallest absolute Gasteiger partial charge is 0.164 e. The SMILES string of the molecule is c1ccc(-c2ccc3c(c2)c2cc(-c4ccccc4)ccc2n3-c2nc(-c3ccccc3)c(-c3ccccc3)c(-c3ccc(-c4nc(-c5ccccc5)nc(-c5ccccc5)n4)cc3)c2-c2ccccc2)cc1. The normalized spacial score (nSPS) is 11.3. The molecule has 0 bridgehead atoms. The second-order valence-corrected chi connectivity index (χ2v) is 18.2. The number of hydrogen-bond acceptors (Lipinski definition) is 4. The van der Waals surface area contributed by atoms with Gasteiger partial charge in [-0.25, -0.2) is 19.9 Å². The van der Waals surface area contributed by atoms with Crippen molar-refractivity contribution in [2.75, 3.05) is 0 Å². The van der Waals surface area contributed by atoms with Gasteiger partial charge in [0.05, 0.1) is 16.7 Å². The molecule has 3 heterocycles. The summed E-state index contributed by atoms with van der Waals surface area (Å²) in [6, 6.07) is 96.1.